The lowest BCUT2D eigenvalue weighted by atomic mass is 10.2. The highest BCUT2D eigenvalue weighted by Gasteiger charge is 2.21. The molecule has 0 saturated carbocycles. The van der Waals surface area contributed by atoms with Crippen LogP contribution in [0, 0.1) is 19.7 Å². The van der Waals surface area contributed by atoms with E-state index in [0.717, 1.165) is 16.6 Å². The highest BCUT2D eigenvalue weighted by atomic mass is 35.5. The molecule has 0 aliphatic carbocycles. The number of benzene rings is 1. The highest BCUT2D eigenvalue weighted by Crippen LogP contribution is 2.30. The zero-order valence-corrected chi connectivity index (χ0v) is 12.8. The van der Waals surface area contributed by atoms with Crippen LogP contribution < -0.4 is 0 Å². The Bertz CT molecular complexity index is 803. The van der Waals surface area contributed by atoms with Crippen LogP contribution >= 0.6 is 11.6 Å². The summed E-state index contributed by atoms with van der Waals surface area (Å²) < 4.78 is 16.1. The molecule has 2 heterocycles. The molecule has 0 aliphatic heterocycles. The first kappa shape index (κ1) is 14.0. The molecule has 1 atom stereocenters. The molecule has 0 N–H and O–H groups in total. The average Bonchev–Trinajstić information content (AvgIpc) is 2.80. The third-order valence-corrected chi connectivity index (χ3v) is 3.74. The van der Waals surface area contributed by atoms with Gasteiger partial charge in [0.15, 0.2) is 5.65 Å². The lowest BCUT2D eigenvalue weighted by Gasteiger charge is -2.13. The van der Waals surface area contributed by atoms with E-state index in [1.165, 1.54) is 6.07 Å². The van der Waals surface area contributed by atoms with Crippen molar-refractivity contribution in [3.63, 3.8) is 0 Å². The Morgan fingerprint density at radius 3 is 2.62 bits per heavy atom. The van der Waals surface area contributed by atoms with Gasteiger partial charge in [0.05, 0.1) is 11.1 Å². The summed E-state index contributed by atoms with van der Waals surface area (Å²) in [5.41, 5.74) is 3.65. The van der Waals surface area contributed by atoms with Gasteiger partial charge in [0, 0.05) is 6.20 Å². The maximum absolute atomic E-state index is 14.4. The number of aryl methyl sites for hydroxylation is 2. The summed E-state index contributed by atoms with van der Waals surface area (Å²) in [6.07, 6.45) is 1.70. The molecule has 3 rings (SSSR count). The normalized spacial score (nSPS) is 12.8. The van der Waals surface area contributed by atoms with Crippen molar-refractivity contribution in [2.75, 3.05) is 0 Å². The van der Waals surface area contributed by atoms with Crippen LogP contribution in [0.4, 0.5) is 4.39 Å². The molecule has 0 spiro atoms. The summed E-state index contributed by atoms with van der Waals surface area (Å²) in [5, 5.41) is -0.349. The maximum Gasteiger partial charge on any atom is 0.165 e. The van der Waals surface area contributed by atoms with Crippen molar-refractivity contribution in [2.24, 2.45) is 0 Å². The average molecular weight is 304 g/mol. The van der Waals surface area contributed by atoms with E-state index in [0.29, 0.717) is 17.2 Å². The van der Waals surface area contributed by atoms with Gasteiger partial charge in [-0.05, 0) is 44.0 Å². The third kappa shape index (κ3) is 2.20. The quantitative estimate of drug-likeness (QED) is 0.654. The lowest BCUT2D eigenvalue weighted by Crippen LogP contribution is -2.06. The van der Waals surface area contributed by atoms with E-state index in [4.69, 9.17) is 11.6 Å². The van der Waals surface area contributed by atoms with Crippen molar-refractivity contribution < 1.29 is 4.39 Å². The zero-order valence-electron chi connectivity index (χ0n) is 12.1. The van der Waals surface area contributed by atoms with E-state index < -0.39 is 0 Å². The number of hydrogen-bond acceptors (Lipinski definition) is 2. The molecule has 0 aliphatic rings. The van der Waals surface area contributed by atoms with Crippen LogP contribution in [0.15, 0.2) is 30.5 Å². The summed E-state index contributed by atoms with van der Waals surface area (Å²) in [6.45, 7) is 5.64. The molecule has 3 nitrogen and oxygen atoms in total. The molecule has 1 unspecified atom stereocenters. The minimum Gasteiger partial charge on any atom is -0.276 e. The van der Waals surface area contributed by atoms with Crippen LogP contribution in [0.2, 0.25) is 0 Å². The Balaban J connectivity index is 2.46. The summed E-state index contributed by atoms with van der Waals surface area (Å²) >= 11 is 6.25. The van der Waals surface area contributed by atoms with E-state index in [2.05, 4.69) is 9.97 Å². The van der Waals surface area contributed by atoms with Gasteiger partial charge in [-0.25, -0.2) is 14.4 Å². The van der Waals surface area contributed by atoms with Gasteiger partial charge in [0.2, 0.25) is 0 Å². The standard InChI is InChI=1S/C16H15ClFN3/c1-9-7-8-19-16-13(9)20-15(11(3)17)21(16)14-10(2)5-4-6-12(14)18/h4-8,11H,1-3H3. The van der Waals surface area contributed by atoms with E-state index in [9.17, 15) is 4.39 Å². The first-order valence-corrected chi connectivity index (χ1v) is 7.18. The Kier molecular flexibility index (Phi) is 3.41. The molecule has 108 valence electrons. The fourth-order valence-corrected chi connectivity index (χ4v) is 2.65. The summed E-state index contributed by atoms with van der Waals surface area (Å²) in [7, 11) is 0. The number of aromatic nitrogens is 3. The maximum atomic E-state index is 14.4. The molecule has 0 radical (unpaired) electrons. The minimum absolute atomic E-state index is 0.309. The summed E-state index contributed by atoms with van der Waals surface area (Å²) in [4.78, 5) is 8.95. The molecule has 1 aromatic carbocycles. The SMILES string of the molecule is Cc1cccc(F)c1-n1c(C(C)Cl)nc2c(C)ccnc21. The molecule has 3 aromatic rings. The smallest absolute Gasteiger partial charge is 0.165 e. The Labute approximate surface area is 127 Å². The molecule has 0 bridgehead atoms. The van der Waals surface area contributed by atoms with Crippen molar-refractivity contribution in [3.05, 3.63) is 53.2 Å². The number of fused-ring (bicyclic) bond motifs is 1. The fourth-order valence-electron chi connectivity index (χ4n) is 2.50. The molecule has 0 saturated heterocycles. The number of rotatable bonds is 2. The number of alkyl halides is 1. The van der Waals surface area contributed by atoms with Crippen LogP contribution in [0.1, 0.15) is 29.3 Å². The zero-order chi connectivity index (χ0) is 15.1. The van der Waals surface area contributed by atoms with Gasteiger partial charge >= 0.3 is 0 Å². The molecule has 5 heteroatoms. The first-order chi connectivity index (χ1) is 10.0. The number of para-hydroxylation sites is 1. The van der Waals surface area contributed by atoms with Crippen molar-refractivity contribution in [1.29, 1.82) is 0 Å². The number of halogens is 2. The first-order valence-electron chi connectivity index (χ1n) is 6.74. The van der Waals surface area contributed by atoms with E-state index >= 15 is 0 Å². The largest absolute Gasteiger partial charge is 0.276 e. The van der Waals surface area contributed by atoms with Crippen molar-refractivity contribution in [2.45, 2.75) is 26.1 Å². The summed E-state index contributed by atoms with van der Waals surface area (Å²) in [6, 6.07) is 6.88. The lowest BCUT2D eigenvalue weighted by molar-refractivity contribution is 0.614. The second-order valence-electron chi connectivity index (χ2n) is 5.13. The Hall–Kier alpha value is -1.94. The molecule has 2 aromatic heterocycles. The van der Waals surface area contributed by atoms with Crippen LogP contribution in [-0.4, -0.2) is 14.5 Å². The molecular weight excluding hydrogens is 289 g/mol. The monoisotopic (exact) mass is 303 g/mol. The van der Waals surface area contributed by atoms with Gasteiger partial charge in [0.25, 0.3) is 0 Å². The van der Waals surface area contributed by atoms with Crippen molar-refractivity contribution >= 4 is 22.8 Å². The molecular formula is C16H15ClFN3. The summed E-state index contributed by atoms with van der Waals surface area (Å²) in [5.74, 6) is 0.290. The van der Waals surface area contributed by atoms with Gasteiger partial charge in [-0.15, -0.1) is 11.6 Å². The number of pyridine rings is 1. The number of hydrogen-bond donors (Lipinski definition) is 0. The number of imidazole rings is 1. The predicted molar refractivity (Wildman–Crippen MR) is 82.6 cm³/mol. The van der Waals surface area contributed by atoms with Crippen LogP contribution in [0.25, 0.3) is 16.9 Å². The second kappa shape index (κ2) is 5.11. The van der Waals surface area contributed by atoms with Gasteiger partial charge < -0.3 is 0 Å². The van der Waals surface area contributed by atoms with Crippen molar-refractivity contribution in [3.8, 4) is 5.69 Å². The van der Waals surface area contributed by atoms with Crippen LogP contribution in [0.3, 0.4) is 0 Å². The molecule has 21 heavy (non-hydrogen) atoms. The van der Waals surface area contributed by atoms with Gasteiger partial charge in [-0.3, -0.25) is 4.57 Å². The third-order valence-electron chi connectivity index (χ3n) is 3.54. The van der Waals surface area contributed by atoms with E-state index in [1.807, 2.05) is 32.9 Å². The van der Waals surface area contributed by atoms with E-state index in [-0.39, 0.29) is 11.2 Å². The topological polar surface area (TPSA) is 30.7 Å². The van der Waals surface area contributed by atoms with Gasteiger partial charge in [-0.1, -0.05) is 12.1 Å². The fraction of sp³-hybridized carbons (Fsp3) is 0.250. The van der Waals surface area contributed by atoms with Crippen molar-refractivity contribution in [1.82, 2.24) is 14.5 Å². The van der Waals surface area contributed by atoms with Gasteiger partial charge in [0.1, 0.15) is 17.2 Å². The van der Waals surface area contributed by atoms with E-state index in [1.54, 1.807) is 16.8 Å². The highest BCUT2D eigenvalue weighted by molar-refractivity contribution is 6.20. The Morgan fingerprint density at radius 2 is 1.95 bits per heavy atom. The Morgan fingerprint density at radius 1 is 1.19 bits per heavy atom. The van der Waals surface area contributed by atoms with Gasteiger partial charge in [-0.2, -0.15) is 0 Å². The molecule has 0 amide bonds. The molecule has 0 fully saturated rings. The minimum atomic E-state index is -0.349. The number of nitrogens with zero attached hydrogens (tertiary/aromatic N) is 3. The van der Waals surface area contributed by atoms with Crippen LogP contribution in [-0.2, 0) is 0 Å². The van der Waals surface area contributed by atoms with Crippen LogP contribution in [0.5, 0.6) is 0 Å². The second-order valence-corrected chi connectivity index (χ2v) is 5.78. The predicted octanol–water partition coefficient (Wildman–Crippen LogP) is 4.48.